The zero-order valence-corrected chi connectivity index (χ0v) is 5.96. The maximum atomic E-state index is 5.68. The first-order chi connectivity index (χ1) is 5.29. The van der Waals surface area contributed by atoms with Gasteiger partial charge in [0.25, 0.3) is 0 Å². The van der Waals surface area contributed by atoms with Gasteiger partial charge in [-0.25, -0.2) is 0 Å². The summed E-state index contributed by atoms with van der Waals surface area (Å²) in [5.74, 6) is 0. The largest absolute Gasteiger partial charge is 0.358 e. The molecule has 1 heterocycles. The number of nitrogens with one attached hydrogen (secondary N) is 1. The van der Waals surface area contributed by atoms with E-state index in [4.69, 9.17) is 13.8 Å². The molecule has 2 aromatic rings. The summed E-state index contributed by atoms with van der Waals surface area (Å²) in [4.78, 5) is 2.98. The van der Waals surface area contributed by atoms with Gasteiger partial charge in [-0.2, -0.15) is 0 Å². The number of fused-ring (bicyclic) bond motifs is 1. The molecule has 0 atom stereocenters. The summed E-state index contributed by atoms with van der Waals surface area (Å²) in [6.45, 7) is 11.3. The highest BCUT2D eigenvalue weighted by atomic mass is 14.7. The van der Waals surface area contributed by atoms with E-state index in [0.717, 1.165) is 10.9 Å². The van der Waals surface area contributed by atoms with Crippen LogP contribution >= 0.6 is 0 Å². The zero-order chi connectivity index (χ0) is 7.84. The molecule has 0 aliphatic rings. The summed E-state index contributed by atoms with van der Waals surface area (Å²) in [5, 5.41) is 0.991. The third-order valence-electron chi connectivity index (χ3n) is 1.78. The Bertz CT molecular complexity index is 385. The lowest BCUT2D eigenvalue weighted by Gasteiger charge is -1.87. The highest BCUT2D eigenvalue weighted by molar-refractivity contribution is 5.85. The molecule has 11 heavy (non-hydrogen) atoms. The Morgan fingerprint density at radius 3 is 2.55 bits per heavy atom. The van der Waals surface area contributed by atoms with Crippen LogP contribution in [0.3, 0.4) is 0 Å². The molecule has 0 bridgehead atoms. The maximum Gasteiger partial charge on any atom is 0.0459 e. The number of para-hydroxylation sites is 1. The van der Waals surface area contributed by atoms with Gasteiger partial charge in [-0.3, -0.25) is 0 Å². The van der Waals surface area contributed by atoms with Gasteiger partial charge in [0.2, 0.25) is 0 Å². The number of H-pyrrole nitrogens is 1. The molecule has 0 unspecified atom stereocenters. The number of aromatic nitrogens is 1. The summed E-state index contributed by atoms with van der Waals surface area (Å²) >= 11 is 0. The van der Waals surface area contributed by atoms with Crippen LogP contribution in [-0.4, -0.2) is 4.98 Å². The molecule has 1 heteroatoms. The molecule has 1 N–H and O–H groups in total. The SMILES string of the molecule is [CH]c1[nH]c2ccccc2c1[CH]. The summed E-state index contributed by atoms with van der Waals surface area (Å²) < 4.78 is 0. The second-order valence-corrected chi connectivity index (χ2v) is 2.50. The smallest absolute Gasteiger partial charge is 0.0459 e. The molecule has 0 aliphatic carbocycles. The van der Waals surface area contributed by atoms with E-state index in [0.29, 0.717) is 11.3 Å². The number of hydrogen-bond donors (Lipinski definition) is 1. The van der Waals surface area contributed by atoms with Crippen LogP contribution in [0.15, 0.2) is 24.3 Å². The Hall–Kier alpha value is -1.24. The first kappa shape index (κ1) is 6.47. The van der Waals surface area contributed by atoms with Crippen molar-refractivity contribution in [3.63, 3.8) is 0 Å². The van der Waals surface area contributed by atoms with E-state index >= 15 is 0 Å². The van der Waals surface area contributed by atoms with Gasteiger partial charge in [0.15, 0.2) is 0 Å². The van der Waals surface area contributed by atoms with Crippen molar-refractivity contribution in [1.82, 2.24) is 4.98 Å². The van der Waals surface area contributed by atoms with Crippen LogP contribution in [0.4, 0.5) is 0 Å². The van der Waals surface area contributed by atoms with Crippen molar-refractivity contribution in [2.24, 2.45) is 0 Å². The minimum absolute atomic E-state index is 0.547. The average molecular weight is 141 g/mol. The van der Waals surface area contributed by atoms with Crippen LogP contribution in [-0.2, 0) is 0 Å². The van der Waals surface area contributed by atoms with Crippen molar-refractivity contribution in [3.05, 3.63) is 49.4 Å². The lowest BCUT2D eigenvalue weighted by atomic mass is 10.2. The van der Waals surface area contributed by atoms with Crippen LogP contribution in [0, 0.1) is 13.8 Å². The summed E-state index contributed by atoms with van der Waals surface area (Å²) in [6, 6.07) is 7.77. The lowest BCUT2D eigenvalue weighted by molar-refractivity contribution is 1.38. The molecule has 0 saturated heterocycles. The predicted octanol–water partition coefficient (Wildman–Crippen LogP) is 2.29. The van der Waals surface area contributed by atoms with Gasteiger partial charge in [0, 0.05) is 30.4 Å². The third-order valence-corrected chi connectivity index (χ3v) is 1.78. The van der Waals surface area contributed by atoms with Crippen LogP contribution in [0.2, 0.25) is 0 Å². The minimum atomic E-state index is 0.547. The average Bonchev–Trinajstić information content (AvgIpc) is 2.30. The first-order valence-electron chi connectivity index (χ1n) is 3.40. The molecule has 52 valence electrons. The van der Waals surface area contributed by atoms with Gasteiger partial charge in [-0.15, -0.1) is 0 Å². The van der Waals surface area contributed by atoms with E-state index in [1.54, 1.807) is 0 Å². The second kappa shape index (κ2) is 2.12. The molecule has 1 aromatic heterocycles. The fourth-order valence-electron chi connectivity index (χ4n) is 1.18. The highest BCUT2D eigenvalue weighted by Crippen LogP contribution is 2.19. The number of hydrogen-bond acceptors (Lipinski definition) is 0. The van der Waals surface area contributed by atoms with Crippen LogP contribution < -0.4 is 0 Å². The quantitative estimate of drug-likeness (QED) is 0.579. The first-order valence-corrected chi connectivity index (χ1v) is 3.40. The number of rotatable bonds is 0. The Kier molecular flexibility index (Phi) is 1.25. The molecular weight excluding hydrogens is 134 g/mol. The van der Waals surface area contributed by atoms with Gasteiger partial charge in [0.1, 0.15) is 0 Å². The summed E-state index contributed by atoms with van der Waals surface area (Å²) in [7, 11) is 0. The Labute approximate surface area is 66.1 Å². The predicted molar refractivity (Wildman–Crippen MR) is 45.1 cm³/mol. The van der Waals surface area contributed by atoms with E-state index in [2.05, 4.69) is 4.98 Å². The zero-order valence-electron chi connectivity index (χ0n) is 5.96. The normalized spacial score (nSPS) is 10.7. The van der Waals surface area contributed by atoms with Gasteiger partial charge >= 0.3 is 0 Å². The van der Waals surface area contributed by atoms with Crippen LogP contribution in [0.5, 0.6) is 0 Å². The second-order valence-electron chi connectivity index (χ2n) is 2.50. The van der Waals surface area contributed by atoms with Crippen molar-refractivity contribution in [2.45, 2.75) is 0 Å². The molecule has 0 aliphatic heterocycles. The Balaban J connectivity index is 2.92. The van der Waals surface area contributed by atoms with Gasteiger partial charge in [-0.05, 0) is 11.6 Å². The van der Waals surface area contributed by atoms with E-state index < -0.39 is 0 Å². The van der Waals surface area contributed by atoms with Crippen LogP contribution in [0.1, 0.15) is 11.3 Å². The van der Waals surface area contributed by atoms with E-state index in [1.807, 2.05) is 24.3 Å². The monoisotopic (exact) mass is 141 g/mol. The molecule has 1 nitrogen and oxygen atoms in total. The number of aromatic amines is 1. The Morgan fingerprint density at radius 2 is 1.82 bits per heavy atom. The van der Waals surface area contributed by atoms with Crippen molar-refractivity contribution >= 4 is 10.9 Å². The topological polar surface area (TPSA) is 15.8 Å². The molecule has 0 spiro atoms. The van der Waals surface area contributed by atoms with Crippen molar-refractivity contribution in [1.29, 1.82) is 0 Å². The summed E-state index contributed by atoms with van der Waals surface area (Å²) in [5.41, 5.74) is 2.18. The van der Waals surface area contributed by atoms with Crippen molar-refractivity contribution in [3.8, 4) is 0 Å². The molecule has 0 fully saturated rings. The third kappa shape index (κ3) is 0.845. The molecule has 4 radical (unpaired) electrons. The van der Waals surface area contributed by atoms with E-state index in [9.17, 15) is 0 Å². The fraction of sp³-hybridized carbons (Fsp3) is 0. The lowest BCUT2D eigenvalue weighted by Crippen LogP contribution is -1.70. The highest BCUT2D eigenvalue weighted by Gasteiger charge is 2.01. The van der Waals surface area contributed by atoms with Crippen molar-refractivity contribution in [2.75, 3.05) is 0 Å². The van der Waals surface area contributed by atoms with Gasteiger partial charge in [0.05, 0.1) is 0 Å². The van der Waals surface area contributed by atoms with Gasteiger partial charge in [-0.1, -0.05) is 18.2 Å². The minimum Gasteiger partial charge on any atom is -0.358 e. The van der Waals surface area contributed by atoms with Gasteiger partial charge < -0.3 is 4.98 Å². The number of benzene rings is 1. The maximum absolute atomic E-state index is 5.68. The van der Waals surface area contributed by atoms with Crippen LogP contribution in [0.25, 0.3) is 10.9 Å². The summed E-state index contributed by atoms with van der Waals surface area (Å²) in [6.07, 6.45) is 0. The van der Waals surface area contributed by atoms with E-state index in [-0.39, 0.29) is 0 Å². The fourth-order valence-corrected chi connectivity index (χ4v) is 1.18. The molecular formula is C10H7N. The van der Waals surface area contributed by atoms with E-state index in [1.165, 1.54) is 0 Å². The molecule has 2 rings (SSSR count). The molecule has 0 saturated carbocycles. The standard InChI is InChI=1S/C10H7N/c1-7-8(2)11-10-6-4-3-5-9(7)10/h1-6,11H. The molecule has 1 aromatic carbocycles. The van der Waals surface area contributed by atoms with Crippen molar-refractivity contribution < 1.29 is 0 Å². The molecule has 0 amide bonds. The Morgan fingerprint density at radius 1 is 1.09 bits per heavy atom.